The monoisotopic (exact) mass is 251 g/mol. The first kappa shape index (κ1) is 14.5. The number of aliphatic carboxylic acids is 1. The van der Waals surface area contributed by atoms with E-state index in [1.165, 1.54) is 0 Å². The van der Waals surface area contributed by atoms with Crippen LogP contribution < -0.4 is 10.5 Å². The van der Waals surface area contributed by atoms with Crippen molar-refractivity contribution in [1.82, 2.24) is 0 Å². The van der Waals surface area contributed by atoms with Gasteiger partial charge in [0.05, 0.1) is 13.0 Å². The number of aryl methyl sites for hydroxylation is 1. The highest BCUT2D eigenvalue weighted by molar-refractivity contribution is 5.71. The Morgan fingerprint density at radius 1 is 1.44 bits per heavy atom. The Kier molecular flexibility index (Phi) is 5.16. The molecule has 0 heterocycles. The molecule has 0 aliphatic heterocycles. The minimum atomic E-state index is -0.867. The highest BCUT2D eigenvalue weighted by Crippen LogP contribution is 2.31. The Bertz CT molecular complexity index is 418. The van der Waals surface area contributed by atoms with Crippen molar-refractivity contribution in [3.63, 3.8) is 0 Å². The second kappa shape index (κ2) is 6.40. The maximum absolute atomic E-state index is 11.2. The average molecular weight is 251 g/mol. The van der Waals surface area contributed by atoms with E-state index in [1.54, 1.807) is 7.11 Å². The van der Waals surface area contributed by atoms with Crippen molar-refractivity contribution in [3.8, 4) is 5.75 Å². The van der Waals surface area contributed by atoms with Crippen LogP contribution in [0.2, 0.25) is 0 Å². The fourth-order valence-electron chi connectivity index (χ4n) is 2.06. The van der Waals surface area contributed by atoms with Gasteiger partial charge in [0.25, 0.3) is 0 Å². The second-order valence-electron chi connectivity index (χ2n) is 4.31. The summed E-state index contributed by atoms with van der Waals surface area (Å²) in [6, 6.07) is 5.21. The number of carboxylic acid groups (broad SMARTS) is 1. The van der Waals surface area contributed by atoms with Gasteiger partial charge in [0.1, 0.15) is 5.75 Å². The average Bonchev–Trinajstić information content (AvgIpc) is 2.38. The summed E-state index contributed by atoms with van der Waals surface area (Å²) in [6.07, 6.45) is 1.38. The number of methoxy groups -OCH3 is 1. The minimum absolute atomic E-state index is 0.496. The summed E-state index contributed by atoms with van der Waals surface area (Å²) in [7, 11) is 1.57. The Morgan fingerprint density at radius 3 is 2.56 bits per heavy atom. The number of hydrogen-bond acceptors (Lipinski definition) is 3. The molecule has 4 nitrogen and oxygen atoms in total. The van der Waals surface area contributed by atoms with Gasteiger partial charge in [-0.25, -0.2) is 0 Å². The summed E-state index contributed by atoms with van der Waals surface area (Å²) >= 11 is 0. The van der Waals surface area contributed by atoms with Gasteiger partial charge in [-0.1, -0.05) is 26.0 Å². The lowest BCUT2D eigenvalue weighted by atomic mass is 9.90. The molecule has 0 saturated heterocycles. The second-order valence-corrected chi connectivity index (χ2v) is 4.31. The van der Waals surface area contributed by atoms with Crippen LogP contribution in [0.15, 0.2) is 18.2 Å². The molecular weight excluding hydrogens is 230 g/mol. The zero-order valence-corrected chi connectivity index (χ0v) is 11.1. The summed E-state index contributed by atoms with van der Waals surface area (Å²) in [5, 5.41) is 9.17. The van der Waals surface area contributed by atoms with E-state index in [0.29, 0.717) is 12.2 Å². The number of carbonyl (C=O) groups is 1. The van der Waals surface area contributed by atoms with Gasteiger partial charge in [0.2, 0.25) is 0 Å². The summed E-state index contributed by atoms with van der Waals surface area (Å²) in [5.74, 6) is -0.806. The maximum Gasteiger partial charge on any atom is 0.308 e. The molecule has 4 heteroatoms. The summed E-state index contributed by atoms with van der Waals surface area (Å²) in [6.45, 7) is 3.88. The van der Waals surface area contributed by atoms with Gasteiger partial charge in [0, 0.05) is 11.6 Å². The fraction of sp³-hybridized carbons (Fsp3) is 0.500. The lowest BCUT2D eigenvalue weighted by Crippen LogP contribution is -2.28. The Labute approximate surface area is 108 Å². The number of hydrogen-bond donors (Lipinski definition) is 2. The topological polar surface area (TPSA) is 72.5 Å². The zero-order valence-electron chi connectivity index (χ0n) is 11.1. The predicted octanol–water partition coefficient (Wildman–Crippen LogP) is 2.37. The van der Waals surface area contributed by atoms with E-state index in [2.05, 4.69) is 0 Å². The normalized spacial score (nSPS) is 14.0. The molecule has 0 aliphatic rings. The van der Waals surface area contributed by atoms with Crippen LogP contribution in [0, 0.1) is 5.92 Å². The van der Waals surface area contributed by atoms with Gasteiger partial charge in [-0.2, -0.15) is 0 Å². The summed E-state index contributed by atoms with van der Waals surface area (Å²) in [5.41, 5.74) is 7.99. The van der Waals surface area contributed by atoms with Crippen molar-refractivity contribution in [2.24, 2.45) is 11.7 Å². The Balaban J connectivity index is 3.16. The van der Waals surface area contributed by atoms with Crippen molar-refractivity contribution >= 4 is 5.97 Å². The number of benzene rings is 1. The van der Waals surface area contributed by atoms with Crippen LogP contribution in [0.1, 0.15) is 37.4 Å². The Hall–Kier alpha value is -1.55. The Morgan fingerprint density at radius 2 is 2.11 bits per heavy atom. The number of nitrogens with two attached hydrogens (primary N) is 1. The van der Waals surface area contributed by atoms with Gasteiger partial charge in [-0.05, 0) is 24.5 Å². The molecule has 1 aromatic carbocycles. The van der Waals surface area contributed by atoms with Crippen molar-refractivity contribution in [1.29, 1.82) is 0 Å². The molecule has 3 N–H and O–H groups in total. The molecule has 2 unspecified atom stereocenters. The fourth-order valence-corrected chi connectivity index (χ4v) is 2.06. The van der Waals surface area contributed by atoms with Gasteiger partial charge in [-0.3, -0.25) is 4.79 Å². The number of rotatable bonds is 6. The van der Waals surface area contributed by atoms with E-state index in [4.69, 9.17) is 10.5 Å². The maximum atomic E-state index is 11.2. The standard InChI is InChI=1S/C14H21NO3/c1-4-9-6-7-12(18-3)11(8-9)13(15)10(5-2)14(16)17/h6-8,10,13H,4-5,15H2,1-3H3,(H,16,17). The lowest BCUT2D eigenvalue weighted by molar-refractivity contribution is -0.142. The molecule has 2 atom stereocenters. The van der Waals surface area contributed by atoms with E-state index in [9.17, 15) is 9.90 Å². The third kappa shape index (κ3) is 3.01. The molecule has 0 aromatic heterocycles. The third-order valence-electron chi connectivity index (χ3n) is 3.25. The largest absolute Gasteiger partial charge is 0.496 e. The molecule has 0 saturated carbocycles. The van der Waals surface area contributed by atoms with Gasteiger partial charge in [-0.15, -0.1) is 0 Å². The number of ether oxygens (including phenoxy) is 1. The number of carboxylic acids is 1. The molecule has 100 valence electrons. The quantitative estimate of drug-likeness (QED) is 0.814. The van der Waals surface area contributed by atoms with Crippen LogP contribution in [0.3, 0.4) is 0 Å². The molecule has 18 heavy (non-hydrogen) atoms. The van der Waals surface area contributed by atoms with E-state index in [0.717, 1.165) is 17.5 Å². The third-order valence-corrected chi connectivity index (χ3v) is 3.25. The molecule has 0 spiro atoms. The van der Waals surface area contributed by atoms with Crippen LogP contribution in [0.25, 0.3) is 0 Å². The molecule has 0 fully saturated rings. The predicted molar refractivity (Wildman–Crippen MR) is 70.7 cm³/mol. The van der Waals surface area contributed by atoms with Crippen LogP contribution in [-0.4, -0.2) is 18.2 Å². The molecule has 0 bridgehead atoms. The lowest BCUT2D eigenvalue weighted by Gasteiger charge is -2.21. The molecule has 1 aromatic rings. The van der Waals surface area contributed by atoms with Crippen LogP contribution in [0.4, 0.5) is 0 Å². The van der Waals surface area contributed by atoms with Gasteiger partial charge >= 0.3 is 5.97 Å². The van der Waals surface area contributed by atoms with Crippen LogP contribution in [-0.2, 0) is 11.2 Å². The van der Waals surface area contributed by atoms with Crippen molar-refractivity contribution in [2.75, 3.05) is 7.11 Å². The smallest absolute Gasteiger partial charge is 0.308 e. The van der Waals surface area contributed by atoms with E-state index in [-0.39, 0.29) is 0 Å². The van der Waals surface area contributed by atoms with Crippen molar-refractivity contribution in [2.45, 2.75) is 32.7 Å². The first-order chi connectivity index (χ1) is 8.54. The van der Waals surface area contributed by atoms with E-state index in [1.807, 2.05) is 32.0 Å². The highest BCUT2D eigenvalue weighted by atomic mass is 16.5. The minimum Gasteiger partial charge on any atom is -0.496 e. The SMILES string of the molecule is CCc1ccc(OC)c(C(N)C(CC)C(=O)O)c1. The van der Waals surface area contributed by atoms with Crippen LogP contribution >= 0.6 is 0 Å². The summed E-state index contributed by atoms with van der Waals surface area (Å²) in [4.78, 5) is 11.2. The first-order valence-electron chi connectivity index (χ1n) is 6.20. The van der Waals surface area contributed by atoms with Gasteiger partial charge in [0.15, 0.2) is 0 Å². The van der Waals surface area contributed by atoms with Crippen molar-refractivity contribution in [3.05, 3.63) is 29.3 Å². The van der Waals surface area contributed by atoms with Crippen molar-refractivity contribution < 1.29 is 14.6 Å². The highest BCUT2D eigenvalue weighted by Gasteiger charge is 2.27. The first-order valence-corrected chi connectivity index (χ1v) is 6.20. The van der Waals surface area contributed by atoms with E-state index >= 15 is 0 Å². The van der Waals surface area contributed by atoms with Gasteiger partial charge < -0.3 is 15.6 Å². The molecule has 0 amide bonds. The molecule has 0 radical (unpaired) electrons. The molecular formula is C14H21NO3. The summed E-state index contributed by atoms with van der Waals surface area (Å²) < 4.78 is 5.27. The van der Waals surface area contributed by atoms with Crippen LogP contribution in [0.5, 0.6) is 5.75 Å². The zero-order chi connectivity index (χ0) is 13.7. The molecule has 1 rings (SSSR count). The molecule has 0 aliphatic carbocycles. The van der Waals surface area contributed by atoms with E-state index < -0.39 is 17.9 Å².